The van der Waals surface area contributed by atoms with Crippen molar-refractivity contribution in [2.75, 3.05) is 0 Å². The molecule has 0 N–H and O–H groups in total. The molecule has 0 aliphatic carbocycles. The molecule has 21 heavy (non-hydrogen) atoms. The van der Waals surface area contributed by atoms with Gasteiger partial charge in [-0.3, -0.25) is 4.79 Å². The van der Waals surface area contributed by atoms with Crippen molar-refractivity contribution in [3.63, 3.8) is 0 Å². The molecule has 3 aromatic rings. The second-order valence-corrected chi connectivity index (χ2v) is 5.07. The van der Waals surface area contributed by atoms with Gasteiger partial charge in [-0.2, -0.15) is 0 Å². The van der Waals surface area contributed by atoms with E-state index in [1.165, 1.54) is 0 Å². The summed E-state index contributed by atoms with van der Waals surface area (Å²) in [7, 11) is 0. The average Bonchev–Trinajstić information content (AvgIpc) is 2.82. The van der Waals surface area contributed by atoms with Gasteiger partial charge >= 0.3 is 0 Å². The second kappa shape index (κ2) is 5.29. The Hall–Kier alpha value is -2.21. The Balaban J connectivity index is 2.31. The highest BCUT2D eigenvalue weighted by atomic mass is 79.9. The van der Waals surface area contributed by atoms with E-state index < -0.39 is 11.6 Å². The molecule has 1 heterocycles. The molecule has 0 aliphatic rings. The first-order valence-electron chi connectivity index (χ1n) is 5.88. The maximum atomic E-state index is 14.1. The zero-order valence-electron chi connectivity index (χ0n) is 10.4. The molecule has 0 unspecified atom stereocenters. The van der Waals surface area contributed by atoms with Crippen molar-refractivity contribution in [2.45, 2.75) is 0 Å². The van der Waals surface area contributed by atoms with Crippen LogP contribution in [0.3, 0.4) is 0 Å². The average molecular weight is 353 g/mol. The van der Waals surface area contributed by atoms with Gasteiger partial charge in [0.2, 0.25) is 0 Å². The minimum absolute atomic E-state index is 0.00211. The summed E-state index contributed by atoms with van der Waals surface area (Å²) in [4.78, 5) is 10.7. The van der Waals surface area contributed by atoms with Crippen LogP contribution in [0.5, 0.6) is 5.75 Å². The Morgan fingerprint density at radius 1 is 1.14 bits per heavy atom. The summed E-state index contributed by atoms with van der Waals surface area (Å²) in [6, 6.07) is 8.71. The van der Waals surface area contributed by atoms with Crippen LogP contribution in [0.1, 0.15) is 0 Å². The van der Waals surface area contributed by atoms with Gasteiger partial charge in [-0.05, 0) is 40.2 Å². The van der Waals surface area contributed by atoms with Gasteiger partial charge in [0.05, 0.1) is 15.4 Å². The molecule has 0 amide bonds. The zero-order valence-corrected chi connectivity index (χ0v) is 12.0. The van der Waals surface area contributed by atoms with Gasteiger partial charge in [0.1, 0.15) is 17.2 Å². The predicted octanol–water partition coefficient (Wildman–Crippen LogP) is 4.68. The van der Waals surface area contributed by atoms with Crippen molar-refractivity contribution in [2.24, 2.45) is 0 Å². The summed E-state index contributed by atoms with van der Waals surface area (Å²) in [6.45, 7) is 0.216. The fraction of sp³-hybridized carbons (Fsp3) is 0. The van der Waals surface area contributed by atoms with Gasteiger partial charge < -0.3 is 9.15 Å². The Morgan fingerprint density at radius 2 is 1.90 bits per heavy atom. The van der Waals surface area contributed by atoms with Crippen molar-refractivity contribution in [3.05, 3.63) is 52.5 Å². The Labute approximate surface area is 126 Å². The Bertz CT molecular complexity index is 842. The van der Waals surface area contributed by atoms with Crippen LogP contribution in [0, 0.1) is 11.6 Å². The van der Waals surface area contributed by atoms with Crippen LogP contribution in [0.4, 0.5) is 8.78 Å². The van der Waals surface area contributed by atoms with E-state index in [0.717, 1.165) is 12.1 Å². The monoisotopic (exact) mass is 352 g/mol. The van der Waals surface area contributed by atoms with Crippen molar-refractivity contribution in [1.82, 2.24) is 0 Å². The number of fused-ring (bicyclic) bond motifs is 1. The number of benzene rings is 2. The quantitative estimate of drug-likeness (QED) is 0.507. The second-order valence-electron chi connectivity index (χ2n) is 4.22. The molecule has 6 heteroatoms. The van der Waals surface area contributed by atoms with E-state index in [0.29, 0.717) is 11.0 Å². The van der Waals surface area contributed by atoms with Gasteiger partial charge in [-0.1, -0.05) is 12.1 Å². The highest BCUT2D eigenvalue weighted by Crippen LogP contribution is 2.41. The smallest absolute Gasteiger partial charge is 0.298 e. The van der Waals surface area contributed by atoms with Crippen molar-refractivity contribution in [1.29, 1.82) is 0 Å². The van der Waals surface area contributed by atoms with E-state index in [9.17, 15) is 13.6 Å². The Morgan fingerprint density at radius 3 is 2.67 bits per heavy atom. The minimum atomic E-state index is -0.696. The molecule has 0 atom stereocenters. The summed E-state index contributed by atoms with van der Waals surface area (Å²) in [5.41, 5.74) is 0.288. The van der Waals surface area contributed by atoms with Crippen LogP contribution in [0.25, 0.3) is 22.3 Å². The molecule has 0 spiro atoms. The lowest BCUT2D eigenvalue weighted by atomic mass is 10.1. The molecule has 0 bridgehead atoms. The lowest BCUT2D eigenvalue weighted by molar-refractivity contribution is -0.120. The van der Waals surface area contributed by atoms with Crippen LogP contribution in [-0.2, 0) is 4.79 Å². The molecular weight excluding hydrogens is 346 g/mol. The van der Waals surface area contributed by atoms with E-state index in [1.807, 2.05) is 0 Å². The van der Waals surface area contributed by atoms with Crippen LogP contribution in [-0.4, -0.2) is 6.47 Å². The highest BCUT2D eigenvalue weighted by Gasteiger charge is 2.21. The minimum Gasteiger partial charge on any atom is -0.452 e. The van der Waals surface area contributed by atoms with Crippen molar-refractivity contribution in [3.8, 4) is 17.1 Å². The van der Waals surface area contributed by atoms with Crippen LogP contribution in [0.15, 0.2) is 45.3 Å². The van der Waals surface area contributed by atoms with E-state index in [-0.39, 0.29) is 28.0 Å². The highest BCUT2D eigenvalue weighted by molar-refractivity contribution is 9.10. The molecule has 1 aromatic heterocycles. The summed E-state index contributed by atoms with van der Waals surface area (Å²) in [5, 5.41) is 0.502. The van der Waals surface area contributed by atoms with E-state index >= 15 is 0 Å². The zero-order chi connectivity index (χ0) is 15.0. The maximum absolute atomic E-state index is 14.1. The van der Waals surface area contributed by atoms with Gasteiger partial charge in [-0.25, -0.2) is 8.78 Å². The number of carbonyl (C=O) groups excluding carboxylic acids is 1. The lowest BCUT2D eigenvalue weighted by Crippen LogP contribution is -1.92. The normalized spacial score (nSPS) is 10.8. The van der Waals surface area contributed by atoms with Gasteiger partial charge in [0, 0.05) is 0 Å². The molecule has 0 saturated carbocycles. The number of hydrogen-bond acceptors (Lipinski definition) is 3. The number of ether oxygens (including phenoxy) is 1. The summed E-state index contributed by atoms with van der Waals surface area (Å²) >= 11 is 2.90. The van der Waals surface area contributed by atoms with Gasteiger partial charge in [0.25, 0.3) is 6.47 Å². The summed E-state index contributed by atoms with van der Waals surface area (Å²) < 4.78 is 38.1. The van der Waals surface area contributed by atoms with Crippen molar-refractivity contribution >= 4 is 33.4 Å². The fourth-order valence-electron chi connectivity index (χ4n) is 2.06. The Kier molecular flexibility index (Phi) is 3.47. The maximum Gasteiger partial charge on any atom is 0.298 e. The number of carbonyl (C=O) groups is 1. The first kappa shape index (κ1) is 13.8. The first-order valence-corrected chi connectivity index (χ1v) is 6.68. The molecule has 0 saturated heterocycles. The standard InChI is InChI=1S/C15H7BrF2O3/c16-10-6-11(17)9(5-12(10)18)15-14(20-7-19)8-3-1-2-4-13(8)21-15/h1-7H. The summed E-state index contributed by atoms with van der Waals surface area (Å²) in [5.74, 6) is -1.32. The molecular formula is C15H7BrF2O3. The molecule has 0 aliphatic heterocycles. The first-order chi connectivity index (χ1) is 10.1. The third kappa shape index (κ3) is 2.31. The number of rotatable bonds is 3. The van der Waals surface area contributed by atoms with Crippen LogP contribution in [0.2, 0.25) is 0 Å². The molecule has 3 nitrogen and oxygen atoms in total. The topological polar surface area (TPSA) is 39.4 Å². The number of furan rings is 1. The van der Waals surface area contributed by atoms with E-state index in [1.54, 1.807) is 24.3 Å². The molecule has 3 rings (SSSR count). The van der Waals surface area contributed by atoms with Gasteiger partial charge in [-0.15, -0.1) is 0 Å². The third-order valence-electron chi connectivity index (χ3n) is 2.97. The number of para-hydroxylation sites is 1. The molecule has 106 valence electrons. The number of halogens is 3. The third-order valence-corrected chi connectivity index (χ3v) is 3.58. The SMILES string of the molecule is O=COc1c(-c2cc(F)c(Br)cc2F)oc2ccccc12. The molecule has 2 aromatic carbocycles. The van der Waals surface area contributed by atoms with Gasteiger partial charge in [0.15, 0.2) is 11.5 Å². The molecule has 0 fully saturated rings. The largest absolute Gasteiger partial charge is 0.452 e. The lowest BCUT2D eigenvalue weighted by Gasteiger charge is -2.04. The molecule has 0 radical (unpaired) electrons. The van der Waals surface area contributed by atoms with E-state index in [4.69, 9.17) is 9.15 Å². The summed E-state index contributed by atoms with van der Waals surface area (Å²) in [6.07, 6.45) is 0. The predicted molar refractivity (Wildman–Crippen MR) is 76.0 cm³/mol. The van der Waals surface area contributed by atoms with Crippen LogP contribution >= 0.6 is 15.9 Å². The number of hydrogen-bond donors (Lipinski definition) is 0. The van der Waals surface area contributed by atoms with Crippen molar-refractivity contribution < 1.29 is 22.7 Å². The van der Waals surface area contributed by atoms with Crippen LogP contribution < -0.4 is 4.74 Å². The van der Waals surface area contributed by atoms with E-state index in [2.05, 4.69) is 15.9 Å². The fourth-order valence-corrected chi connectivity index (χ4v) is 2.38.